The number of aliphatic carboxylic acids is 1. The van der Waals surface area contributed by atoms with E-state index in [1.54, 1.807) is 0 Å². The third kappa shape index (κ3) is 2.31. The summed E-state index contributed by atoms with van der Waals surface area (Å²) in [6.45, 7) is 6.08. The molecule has 3 heterocycles. The standard InChI is InChI=1S/C15H21F2N3O2/c1-8-9(2)18-10(3)19-5-4-11(13(8)19)20-7-15(16,17)6-12(20)14(21)22/h9,11-12H,4-7H2,1-3H3,(H,21,22)/t9-,11?,12?/m0/s1. The Bertz CT molecular complexity index is 573. The lowest BCUT2D eigenvalue weighted by molar-refractivity contribution is -0.142. The maximum atomic E-state index is 13.8. The molecule has 0 saturated carbocycles. The molecular weight excluding hydrogens is 292 g/mol. The van der Waals surface area contributed by atoms with Crippen LogP contribution in [-0.2, 0) is 4.79 Å². The number of rotatable bonds is 2. The second kappa shape index (κ2) is 5.01. The summed E-state index contributed by atoms with van der Waals surface area (Å²) in [5, 5.41) is 9.31. The lowest BCUT2D eigenvalue weighted by Crippen LogP contribution is -2.45. The number of aliphatic imine (C=N–C) groups is 1. The van der Waals surface area contributed by atoms with Crippen molar-refractivity contribution in [3.05, 3.63) is 11.3 Å². The number of nitrogens with zero attached hydrogens (tertiary/aromatic N) is 3. The maximum Gasteiger partial charge on any atom is 0.321 e. The highest BCUT2D eigenvalue weighted by molar-refractivity contribution is 5.84. The maximum absolute atomic E-state index is 13.8. The van der Waals surface area contributed by atoms with E-state index >= 15 is 0 Å². The predicted molar refractivity (Wildman–Crippen MR) is 78.1 cm³/mol. The quantitative estimate of drug-likeness (QED) is 0.846. The molecular formula is C15H21F2N3O2. The van der Waals surface area contributed by atoms with Gasteiger partial charge in [-0.3, -0.25) is 14.7 Å². The second-order valence-corrected chi connectivity index (χ2v) is 6.46. The normalized spacial score (nSPS) is 34.9. The molecule has 0 aliphatic carbocycles. The zero-order chi connectivity index (χ0) is 16.2. The van der Waals surface area contributed by atoms with Gasteiger partial charge in [-0.2, -0.15) is 0 Å². The molecule has 2 saturated heterocycles. The number of amidine groups is 1. The van der Waals surface area contributed by atoms with Crippen LogP contribution in [0.25, 0.3) is 0 Å². The van der Waals surface area contributed by atoms with Crippen LogP contribution in [0.1, 0.15) is 33.6 Å². The Balaban J connectivity index is 1.95. The summed E-state index contributed by atoms with van der Waals surface area (Å²) >= 11 is 0. The van der Waals surface area contributed by atoms with Crippen LogP contribution in [0.5, 0.6) is 0 Å². The number of hydrogen-bond acceptors (Lipinski definition) is 4. The van der Waals surface area contributed by atoms with E-state index in [0.717, 1.165) is 17.1 Å². The Hall–Kier alpha value is -1.50. The molecule has 0 bridgehead atoms. The number of halogens is 2. The fourth-order valence-electron chi connectivity index (χ4n) is 3.88. The fraction of sp³-hybridized carbons (Fsp3) is 0.733. The molecule has 3 atom stereocenters. The molecule has 0 aromatic rings. The Labute approximate surface area is 128 Å². The molecule has 0 radical (unpaired) electrons. The molecule has 7 heteroatoms. The number of likely N-dealkylation sites (tertiary alicyclic amines) is 1. The summed E-state index contributed by atoms with van der Waals surface area (Å²) in [4.78, 5) is 19.5. The zero-order valence-electron chi connectivity index (χ0n) is 13.0. The van der Waals surface area contributed by atoms with E-state index in [9.17, 15) is 18.7 Å². The topological polar surface area (TPSA) is 56.1 Å². The summed E-state index contributed by atoms with van der Waals surface area (Å²) in [7, 11) is 0. The first-order chi connectivity index (χ1) is 10.2. The van der Waals surface area contributed by atoms with E-state index in [4.69, 9.17) is 0 Å². The minimum atomic E-state index is -2.94. The van der Waals surface area contributed by atoms with Crippen molar-refractivity contribution in [2.45, 2.75) is 57.7 Å². The van der Waals surface area contributed by atoms with Gasteiger partial charge in [-0.05, 0) is 32.8 Å². The van der Waals surface area contributed by atoms with Crippen LogP contribution in [0.2, 0.25) is 0 Å². The second-order valence-electron chi connectivity index (χ2n) is 6.46. The van der Waals surface area contributed by atoms with Crippen molar-refractivity contribution < 1.29 is 18.7 Å². The number of carboxylic acids is 1. The first-order valence-corrected chi connectivity index (χ1v) is 7.60. The van der Waals surface area contributed by atoms with Crippen molar-refractivity contribution in [1.29, 1.82) is 0 Å². The van der Waals surface area contributed by atoms with Crippen LogP contribution in [0.3, 0.4) is 0 Å². The van der Waals surface area contributed by atoms with Gasteiger partial charge in [-0.15, -0.1) is 0 Å². The molecule has 2 unspecified atom stereocenters. The Morgan fingerprint density at radius 3 is 2.73 bits per heavy atom. The Kier molecular flexibility index (Phi) is 3.51. The third-order valence-electron chi connectivity index (χ3n) is 5.03. The van der Waals surface area contributed by atoms with E-state index < -0.39 is 30.9 Å². The molecule has 0 amide bonds. The minimum absolute atomic E-state index is 0.0123. The first-order valence-electron chi connectivity index (χ1n) is 7.60. The molecule has 0 aromatic carbocycles. The Morgan fingerprint density at radius 2 is 2.09 bits per heavy atom. The summed E-state index contributed by atoms with van der Waals surface area (Å²) in [6.07, 6.45) is 0.0555. The smallest absolute Gasteiger partial charge is 0.321 e. The molecule has 122 valence electrons. The van der Waals surface area contributed by atoms with Gasteiger partial charge >= 0.3 is 5.97 Å². The fourth-order valence-corrected chi connectivity index (χ4v) is 3.88. The van der Waals surface area contributed by atoms with E-state index in [-0.39, 0.29) is 12.1 Å². The first kappa shape index (κ1) is 15.4. The lowest BCUT2D eigenvalue weighted by Gasteiger charge is -2.35. The van der Waals surface area contributed by atoms with Gasteiger partial charge < -0.3 is 10.0 Å². The zero-order valence-corrected chi connectivity index (χ0v) is 13.0. The van der Waals surface area contributed by atoms with Crippen LogP contribution < -0.4 is 0 Å². The van der Waals surface area contributed by atoms with Gasteiger partial charge in [0.15, 0.2) is 0 Å². The van der Waals surface area contributed by atoms with Crippen molar-refractivity contribution >= 4 is 11.8 Å². The molecule has 3 aliphatic heterocycles. The molecule has 2 fully saturated rings. The van der Waals surface area contributed by atoms with Crippen molar-refractivity contribution in [2.75, 3.05) is 13.1 Å². The largest absolute Gasteiger partial charge is 0.480 e. The number of hydrogen-bond donors (Lipinski definition) is 1. The van der Waals surface area contributed by atoms with Gasteiger partial charge in [-0.1, -0.05) is 0 Å². The summed E-state index contributed by atoms with van der Waals surface area (Å²) in [6, 6.07) is -1.37. The number of carboxylic acid groups (broad SMARTS) is 1. The van der Waals surface area contributed by atoms with Gasteiger partial charge in [0, 0.05) is 18.7 Å². The molecule has 3 aliphatic rings. The van der Waals surface area contributed by atoms with Crippen LogP contribution in [0, 0.1) is 0 Å². The van der Waals surface area contributed by atoms with Crippen molar-refractivity contribution in [1.82, 2.24) is 9.80 Å². The van der Waals surface area contributed by atoms with E-state index in [0.29, 0.717) is 13.0 Å². The third-order valence-corrected chi connectivity index (χ3v) is 5.03. The number of alkyl halides is 2. The molecule has 22 heavy (non-hydrogen) atoms. The molecule has 3 rings (SSSR count). The van der Waals surface area contributed by atoms with E-state index in [1.807, 2.05) is 20.8 Å². The van der Waals surface area contributed by atoms with E-state index in [1.165, 1.54) is 4.90 Å². The van der Waals surface area contributed by atoms with Crippen LogP contribution in [0.15, 0.2) is 16.3 Å². The van der Waals surface area contributed by atoms with Gasteiger partial charge in [0.05, 0.1) is 18.6 Å². The molecule has 5 nitrogen and oxygen atoms in total. The van der Waals surface area contributed by atoms with Gasteiger partial charge in [0.25, 0.3) is 5.92 Å². The van der Waals surface area contributed by atoms with Crippen molar-refractivity contribution in [2.24, 2.45) is 4.99 Å². The Morgan fingerprint density at radius 1 is 1.41 bits per heavy atom. The summed E-state index contributed by atoms with van der Waals surface area (Å²) in [5.41, 5.74) is 2.02. The average Bonchev–Trinajstić information content (AvgIpc) is 2.97. The highest BCUT2D eigenvalue weighted by Gasteiger charge is 2.53. The van der Waals surface area contributed by atoms with Crippen LogP contribution >= 0.6 is 0 Å². The summed E-state index contributed by atoms with van der Waals surface area (Å²) < 4.78 is 27.5. The monoisotopic (exact) mass is 313 g/mol. The number of fused-ring (bicyclic) bond motifs is 1. The molecule has 0 spiro atoms. The van der Waals surface area contributed by atoms with Crippen molar-refractivity contribution in [3.63, 3.8) is 0 Å². The van der Waals surface area contributed by atoms with Crippen molar-refractivity contribution in [3.8, 4) is 0 Å². The average molecular weight is 313 g/mol. The van der Waals surface area contributed by atoms with Gasteiger partial charge in [-0.25, -0.2) is 8.78 Å². The van der Waals surface area contributed by atoms with E-state index in [2.05, 4.69) is 9.89 Å². The van der Waals surface area contributed by atoms with Crippen LogP contribution in [-0.4, -0.2) is 63.8 Å². The highest BCUT2D eigenvalue weighted by Crippen LogP contribution is 2.41. The number of carbonyl (C=O) groups is 1. The SMILES string of the molecule is CC1=N[C@@H](C)C(C)=C2C(N3CC(F)(F)CC3C(=O)O)CCN12. The lowest BCUT2D eigenvalue weighted by atomic mass is 10.0. The minimum Gasteiger partial charge on any atom is -0.480 e. The van der Waals surface area contributed by atoms with Gasteiger partial charge in [0.1, 0.15) is 11.9 Å². The van der Waals surface area contributed by atoms with Gasteiger partial charge in [0.2, 0.25) is 0 Å². The summed E-state index contributed by atoms with van der Waals surface area (Å²) in [5.74, 6) is -3.22. The highest BCUT2D eigenvalue weighted by atomic mass is 19.3. The predicted octanol–water partition coefficient (Wildman–Crippen LogP) is 1.95. The van der Waals surface area contributed by atoms with Crippen LogP contribution in [0.4, 0.5) is 8.78 Å². The molecule has 0 aromatic heterocycles. The molecule has 1 N–H and O–H groups in total.